The number of rotatable bonds is 4. The SMILES string of the molecule is O=C(O)c1c(Br)cccc1OCC1CC1. The molecule has 0 aliphatic heterocycles. The summed E-state index contributed by atoms with van der Waals surface area (Å²) in [5.74, 6) is 0.0997. The minimum absolute atomic E-state index is 0.207. The standard InChI is InChI=1S/C11H11BrO3/c12-8-2-1-3-9(10(8)11(13)14)15-6-7-4-5-7/h1-3,7H,4-6H2,(H,13,14). The zero-order chi connectivity index (χ0) is 10.8. The Bertz CT molecular complexity index is 385. The van der Waals surface area contributed by atoms with Gasteiger partial charge in [-0.25, -0.2) is 4.79 Å². The highest BCUT2D eigenvalue weighted by Crippen LogP contribution is 2.32. The maximum Gasteiger partial charge on any atom is 0.340 e. The summed E-state index contributed by atoms with van der Waals surface area (Å²) in [6, 6.07) is 5.17. The zero-order valence-electron chi connectivity index (χ0n) is 8.07. The summed E-state index contributed by atoms with van der Waals surface area (Å²) in [5, 5.41) is 9.02. The van der Waals surface area contributed by atoms with E-state index in [0.29, 0.717) is 22.7 Å². The van der Waals surface area contributed by atoms with Gasteiger partial charge in [-0.3, -0.25) is 0 Å². The summed E-state index contributed by atoms with van der Waals surface area (Å²) < 4.78 is 6.05. The summed E-state index contributed by atoms with van der Waals surface area (Å²) in [4.78, 5) is 11.0. The van der Waals surface area contributed by atoms with Gasteiger partial charge in [0.05, 0.1) is 6.61 Å². The van der Waals surface area contributed by atoms with Crippen molar-refractivity contribution >= 4 is 21.9 Å². The van der Waals surface area contributed by atoms with Gasteiger partial charge in [-0.1, -0.05) is 6.07 Å². The van der Waals surface area contributed by atoms with E-state index in [1.807, 2.05) is 0 Å². The van der Waals surface area contributed by atoms with Crippen LogP contribution >= 0.6 is 15.9 Å². The third kappa shape index (κ3) is 2.50. The molecule has 1 aliphatic carbocycles. The Balaban J connectivity index is 2.19. The molecule has 2 rings (SSSR count). The highest BCUT2D eigenvalue weighted by Gasteiger charge is 2.23. The van der Waals surface area contributed by atoms with Crippen LogP contribution in [0.15, 0.2) is 22.7 Å². The highest BCUT2D eigenvalue weighted by molar-refractivity contribution is 9.10. The lowest BCUT2D eigenvalue weighted by molar-refractivity contribution is 0.0691. The molecule has 1 saturated carbocycles. The van der Waals surface area contributed by atoms with Gasteiger partial charge in [-0.05, 0) is 46.8 Å². The molecule has 0 amide bonds. The van der Waals surface area contributed by atoms with Crippen molar-refractivity contribution in [2.24, 2.45) is 5.92 Å². The van der Waals surface area contributed by atoms with E-state index in [1.165, 1.54) is 12.8 Å². The third-order valence-electron chi connectivity index (χ3n) is 2.36. The van der Waals surface area contributed by atoms with Gasteiger partial charge < -0.3 is 9.84 Å². The molecule has 80 valence electrons. The molecule has 3 nitrogen and oxygen atoms in total. The number of carboxylic acid groups (broad SMARTS) is 1. The largest absolute Gasteiger partial charge is 0.492 e. The Morgan fingerprint density at radius 2 is 2.27 bits per heavy atom. The van der Waals surface area contributed by atoms with Gasteiger partial charge in [0, 0.05) is 4.47 Å². The predicted octanol–water partition coefficient (Wildman–Crippen LogP) is 2.94. The fraction of sp³-hybridized carbons (Fsp3) is 0.364. The first-order chi connectivity index (χ1) is 7.18. The Morgan fingerprint density at radius 1 is 1.53 bits per heavy atom. The molecule has 1 fully saturated rings. The van der Waals surface area contributed by atoms with Crippen LogP contribution in [-0.4, -0.2) is 17.7 Å². The minimum atomic E-state index is -0.965. The van der Waals surface area contributed by atoms with Crippen molar-refractivity contribution in [3.8, 4) is 5.75 Å². The molecule has 1 N–H and O–H groups in total. The Labute approximate surface area is 96.2 Å². The van der Waals surface area contributed by atoms with Crippen molar-refractivity contribution in [3.63, 3.8) is 0 Å². The van der Waals surface area contributed by atoms with Gasteiger partial charge in [-0.15, -0.1) is 0 Å². The van der Waals surface area contributed by atoms with Crippen molar-refractivity contribution in [3.05, 3.63) is 28.2 Å². The van der Waals surface area contributed by atoms with Gasteiger partial charge in [-0.2, -0.15) is 0 Å². The van der Waals surface area contributed by atoms with Crippen molar-refractivity contribution in [1.29, 1.82) is 0 Å². The number of hydrogen-bond acceptors (Lipinski definition) is 2. The minimum Gasteiger partial charge on any atom is -0.492 e. The average molecular weight is 271 g/mol. The second-order valence-electron chi connectivity index (χ2n) is 3.67. The number of carboxylic acids is 1. The van der Waals surface area contributed by atoms with Crippen molar-refractivity contribution in [2.75, 3.05) is 6.61 Å². The molecular formula is C11H11BrO3. The van der Waals surface area contributed by atoms with E-state index in [9.17, 15) is 4.79 Å². The lowest BCUT2D eigenvalue weighted by Gasteiger charge is -2.09. The number of halogens is 1. The maximum atomic E-state index is 11.0. The van der Waals surface area contributed by atoms with Crippen LogP contribution in [0.5, 0.6) is 5.75 Å². The second kappa shape index (κ2) is 4.23. The predicted molar refractivity (Wildman–Crippen MR) is 59.3 cm³/mol. The van der Waals surface area contributed by atoms with Crippen LogP contribution in [0.2, 0.25) is 0 Å². The Kier molecular flexibility index (Phi) is 2.95. The normalized spacial score (nSPS) is 15.0. The van der Waals surface area contributed by atoms with Crippen molar-refractivity contribution in [2.45, 2.75) is 12.8 Å². The van der Waals surface area contributed by atoms with E-state index in [-0.39, 0.29) is 5.56 Å². The summed E-state index contributed by atoms with van der Waals surface area (Å²) in [6.45, 7) is 0.622. The van der Waals surface area contributed by atoms with Gasteiger partial charge in [0.15, 0.2) is 0 Å². The summed E-state index contributed by atoms with van der Waals surface area (Å²) >= 11 is 3.21. The molecule has 0 bridgehead atoms. The zero-order valence-corrected chi connectivity index (χ0v) is 9.66. The molecule has 0 aromatic heterocycles. The number of ether oxygens (including phenoxy) is 1. The van der Waals surface area contributed by atoms with E-state index in [2.05, 4.69) is 15.9 Å². The smallest absolute Gasteiger partial charge is 0.340 e. The molecule has 4 heteroatoms. The second-order valence-corrected chi connectivity index (χ2v) is 4.53. The molecule has 0 unspecified atom stereocenters. The van der Waals surface area contributed by atoms with Crippen molar-refractivity contribution < 1.29 is 14.6 Å². The molecule has 15 heavy (non-hydrogen) atoms. The van der Waals surface area contributed by atoms with Crippen LogP contribution in [0.25, 0.3) is 0 Å². The number of hydrogen-bond donors (Lipinski definition) is 1. The van der Waals surface area contributed by atoms with Gasteiger partial charge in [0.25, 0.3) is 0 Å². The molecule has 1 aromatic carbocycles. The quantitative estimate of drug-likeness (QED) is 0.915. The lowest BCUT2D eigenvalue weighted by atomic mass is 10.2. The third-order valence-corrected chi connectivity index (χ3v) is 3.02. The molecule has 1 aliphatic rings. The maximum absolute atomic E-state index is 11.0. The van der Waals surface area contributed by atoms with Crippen LogP contribution < -0.4 is 4.74 Å². The van der Waals surface area contributed by atoms with Crippen LogP contribution in [0, 0.1) is 5.92 Å². The van der Waals surface area contributed by atoms with Gasteiger partial charge >= 0.3 is 5.97 Å². The first kappa shape index (κ1) is 10.5. The van der Waals surface area contributed by atoms with Crippen LogP contribution in [0.1, 0.15) is 23.2 Å². The monoisotopic (exact) mass is 270 g/mol. The van der Waals surface area contributed by atoms with Crippen molar-refractivity contribution in [1.82, 2.24) is 0 Å². The van der Waals surface area contributed by atoms with E-state index < -0.39 is 5.97 Å². The number of benzene rings is 1. The summed E-state index contributed by atoms with van der Waals surface area (Å²) in [7, 11) is 0. The number of aromatic carboxylic acids is 1. The molecule has 0 atom stereocenters. The van der Waals surface area contributed by atoms with Gasteiger partial charge in [0.2, 0.25) is 0 Å². The average Bonchev–Trinajstić information content (AvgIpc) is 2.97. The Hall–Kier alpha value is -1.03. The molecular weight excluding hydrogens is 260 g/mol. The fourth-order valence-corrected chi connectivity index (χ4v) is 1.84. The first-order valence-electron chi connectivity index (χ1n) is 4.83. The van der Waals surface area contributed by atoms with E-state index in [1.54, 1.807) is 18.2 Å². The van der Waals surface area contributed by atoms with Crippen LogP contribution in [0.4, 0.5) is 0 Å². The Morgan fingerprint density at radius 3 is 2.87 bits per heavy atom. The summed E-state index contributed by atoms with van der Waals surface area (Å²) in [6.07, 6.45) is 2.38. The molecule has 1 aromatic rings. The first-order valence-corrected chi connectivity index (χ1v) is 5.62. The molecule has 0 saturated heterocycles. The highest BCUT2D eigenvalue weighted by atomic mass is 79.9. The van der Waals surface area contributed by atoms with E-state index in [4.69, 9.17) is 9.84 Å². The van der Waals surface area contributed by atoms with Crippen LogP contribution in [0.3, 0.4) is 0 Å². The van der Waals surface area contributed by atoms with E-state index in [0.717, 1.165) is 0 Å². The fourth-order valence-electron chi connectivity index (χ4n) is 1.32. The van der Waals surface area contributed by atoms with Crippen LogP contribution in [-0.2, 0) is 0 Å². The number of carbonyl (C=O) groups is 1. The summed E-state index contributed by atoms with van der Waals surface area (Å²) in [5.41, 5.74) is 0.207. The molecule has 0 spiro atoms. The molecule has 0 radical (unpaired) electrons. The van der Waals surface area contributed by atoms with Gasteiger partial charge in [0.1, 0.15) is 11.3 Å². The lowest BCUT2D eigenvalue weighted by Crippen LogP contribution is -2.06. The molecule has 0 heterocycles. The van der Waals surface area contributed by atoms with E-state index >= 15 is 0 Å². The topological polar surface area (TPSA) is 46.5 Å².